The van der Waals surface area contributed by atoms with E-state index in [1.807, 2.05) is 36.4 Å². The first-order valence-electron chi connectivity index (χ1n) is 11.6. The fourth-order valence-electron chi connectivity index (χ4n) is 5.97. The highest BCUT2D eigenvalue weighted by atomic mass is 16.5. The third-order valence-corrected chi connectivity index (χ3v) is 7.56. The van der Waals surface area contributed by atoms with E-state index in [0.717, 1.165) is 48.2 Å². The third-order valence-electron chi connectivity index (χ3n) is 7.56. The van der Waals surface area contributed by atoms with Crippen LogP contribution in [0.4, 0.5) is 5.82 Å². The summed E-state index contributed by atoms with van der Waals surface area (Å²) >= 11 is 0. The van der Waals surface area contributed by atoms with Crippen molar-refractivity contribution < 1.29 is 23.3 Å². The van der Waals surface area contributed by atoms with Crippen molar-refractivity contribution in [3.63, 3.8) is 0 Å². The first kappa shape index (κ1) is 20.2. The van der Waals surface area contributed by atoms with E-state index in [9.17, 15) is 9.59 Å². The van der Waals surface area contributed by atoms with E-state index < -0.39 is 5.92 Å². The molecule has 4 aliphatic rings. The number of aromatic nitrogens is 1. The normalized spacial score (nSPS) is 25.3. The van der Waals surface area contributed by atoms with Gasteiger partial charge in [-0.25, -0.2) is 0 Å². The molecule has 1 amide bonds. The predicted molar refractivity (Wildman–Crippen MR) is 121 cm³/mol. The summed E-state index contributed by atoms with van der Waals surface area (Å²) < 4.78 is 11.7. The molecular formula is C26H26N3O4+. The summed E-state index contributed by atoms with van der Waals surface area (Å²) in [5, 5.41) is 6.56. The number of esters is 1. The van der Waals surface area contributed by atoms with Gasteiger partial charge in [0.1, 0.15) is 18.7 Å². The predicted octanol–water partition coefficient (Wildman–Crippen LogP) is 3.58. The molecule has 0 unspecified atom stereocenters. The van der Waals surface area contributed by atoms with Gasteiger partial charge in [-0.1, -0.05) is 53.7 Å². The van der Waals surface area contributed by atoms with Crippen LogP contribution in [0.3, 0.4) is 0 Å². The Morgan fingerprint density at radius 1 is 1.00 bits per heavy atom. The van der Waals surface area contributed by atoms with Gasteiger partial charge in [0.15, 0.2) is 18.5 Å². The maximum atomic E-state index is 13.5. The summed E-state index contributed by atoms with van der Waals surface area (Å²) in [4.78, 5) is 26.2. The molecule has 7 heteroatoms. The molecule has 1 aromatic heterocycles. The molecule has 3 aromatic rings. The third kappa shape index (κ3) is 3.53. The van der Waals surface area contributed by atoms with Gasteiger partial charge >= 0.3 is 5.97 Å². The molecule has 1 aliphatic carbocycles. The Hall–Kier alpha value is -3.45. The lowest BCUT2D eigenvalue weighted by Crippen LogP contribution is -2.66. The highest BCUT2D eigenvalue weighted by molar-refractivity contribution is 5.93. The van der Waals surface area contributed by atoms with Crippen LogP contribution in [0.1, 0.15) is 29.9 Å². The number of quaternary nitrogens is 1. The second kappa shape index (κ2) is 7.85. The largest absolute Gasteiger partial charge is 0.455 e. The fraction of sp³-hybridized carbons (Fsp3) is 0.346. The minimum Gasteiger partial charge on any atom is -0.455 e. The van der Waals surface area contributed by atoms with Crippen molar-refractivity contribution in [3.05, 3.63) is 72.0 Å². The molecule has 7 nitrogen and oxygen atoms in total. The number of carbonyl (C=O) groups is 2. The van der Waals surface area contributed by atoms with Gasteiger partial charge in [0.05, 0.1) is 13.1 Å². The number of nitrogens with zero attached hydrogens (tertiary/aromatic N) is 2. The molecule has 3 fully saturated rings. The highest BCUT2D eigenvalue weighted by Crippen LogP contribution is 2.46. The minimum absolute atomic E-state index is 0.0898. The standard InChI is InChI=1S/C26H25N3O4/c30-24(27-23-11-14-32-28-23)16-29-12-9-17(10-13-29)22(15-29)33-26(31)25-20-7-3-1-5-18(20)19-6-2-4-8-21(19)25/h1-8,11,14,17,22,25H,9-10,12-13,15-16H2/p+1/t17?,22-,29?/m0/s1. The number of piperidine rings is 3. The van der Waals surface area contributed by atoms with E-state index in [2.05, 4.69) is 22.6 Å². The summed E-state index contributed by atoms with van der Waals surface area (Å²) in [5.74, 6) is 0.118. The molecule has 33 heavy (non-hydrogen) atoms. The Labute approximate surface area is 191 Å². The molecule has 0 saturated carbocycles. The quantitative estimate of drug-likeness (QED) is 0.481. The summed E-state index contributed by atoms with van der Waals surface area (Å²) in [6.07, 6.45) is 3.20. The first-order valence-corrected chi connectivity index (χ1v) is 11.6. The van der Waals surface area contributed by atoms with Gasteiger partial charge in [-0.05, 0) is 22.3 Å². The van der Waals surface area contributed by atoms with E-state index in [1.54, 1.807) is 6.07 Å². The Morgan fingerprint density at radius 2 is 1.67 bits per heavy atom. The van der Waals surface area contributed by atoms with Gasteiger partial charge in [-0.2, -0.15) is 0 Å². The van der Waals surface area contributed by atoms with Crippen LogP contribution in [0.2, 0.25) is 0 Å². The zero-order valence-electron chi connectivity index (χ0n) is 18.3. The first-order chi connectivity index (χ1) is 16.1. The number of hydrogen-bond acceptors (Lipinski definition) is 5. The molecule has 2 aromatic carbocycles. The van der Waals surface area contributed by atoms with E-state index in [-0.39, 0.29) is 18.0 Å². The Kier molecular flexibility index (Phi) is 4.80. The molecule has 1 N–H and O–H groups in total. The zero-order chi connectivity index (χ0) is 22.4. The van der Waals surface area contributed by atoms with Gasteiger partial charge in [0, 0.05) is 24.8 Å². The Balaban J connectivity index is 1.19. The van der Waals surface area contributed by atoms with Gasteiger partial charge < -0.3 is 19.1 Å². The maximum Gasteiger partial charge on any atom is 0.318 e. The summed E-state index contributed by atoms with van der Waals surface area (Å²) in [6, 6.07) is 17.8. The lowest BCUT2D eigenvalue weighted by atomic mass is 9.83. The number of fused-ring (bicyclic) bond motifs is 6. The van der Waals surface area contributed by atoms with Crippen LogP contribution in [-0.2, 0) is 14.3 Å². The Bertz CT molecular complexity index is 1150. The number of carbonyl (C=O) groups excluding carboxylic acids is 2. The molecule has 7 rings (SSSR count). The van der Waals surface area contributed by atoms with Crippen LogP contribution in [0.25, 0.3) is 11.1 Å². The number of amides is 1. The van der Waals surface area contributed by atoms with E-state index >= 15 is 0 Å². The number of rotatable bonds is 5. The van der Waals surface area contributed by atoms with Crippen molar-refractivity contribution in [3.8, 4) is 11.1 Å². The molecule has 4 heterocycles. The topological polar surface area (TPSA) is 81.4 Å². The average molecular weight is 445 g/mol. The molecule has 3 aliphatic heterocycles. The van der Waals surface area contributed by atoms with E-state index in [1.165, 1.54) is 6.26 Å². The fourth-order valence-corrected chi connectivity index (χ4v) is 5.97. The lowest BCUT2D eigenvalue weighted by molar-refractivity contribution is -0.938. The van der Waals surface area contributed by atoms with Gasteiger partial charge in [-0.3, -0.25) is 9.59 Å². The second-order valence-electron chi connectivity index (χ2n) is 9.48. The monoisotopic (exact) mass is 444 g/mol. The van der Waals surface area contributed by atoms with Crippen molar-refractivity contribution in [2.24, 2.45) is 5.92 Å². The summed E-state index contributed by atoms with van der Waals surface area (Å²) in [7, 11) is 0. The van der Waals surface area contributed by atoms with Gasteiger partial charge in [0.25, 0.3) is 5.91 Å². The average Bonchev–Trinajstić information content (AvgIpc) is 3.45. The maximum absolute atomic E-state index is 13.5. The van der Waals surface area contributed by atoms with Crippen LogP contribution < -0.4 is 5.32 Å². The zero-order valence-corrected chi connectivity index (χ0v) is 18.3. The van der Waals surface area contributed by atoms with Crippen molar-refractivity contribution in [2.45, 2.75) is 24.9 Å². The molecule has 3 saturated heterocycles. The van der Waals surface area contributed by atoms with Crippen LogP contribution in [0.5, 0.6) is 0 Å². The summed E-state index contributed by atoms with van der Waals surface area (Å²) in [6.45, 7) is 2.89. The van der Waals surface area contributed by atoms with Crippen LogP contribution in [-0.4, -0.2) is 53.8 Å². The lowest BCUT2D eigenvalue weighted by Gasteiger charge is -2.51. The summed E-state index contributed by atoms with van der Waals surface area (Å²) in [5.41, 5.74) is 4.25. The number of nitrogens with one attached hydrogen (secondary N) is 1. The van der Waals surface area contributed by atoms with Crippen LogP contribution in [0, 0.1) is 5.92 Å². The van der Waals surface area contributed by atoms with E-state index in [0.29, 0.717) is 29.3 Å². The minimum atomic E-state index is -0.392. The molecule has 168 valence electrons. The number of ether oxygens (including phenoxy) is 1. The van der Waals surface area contributed by atoms with E-state index in [4.69, 9.17) is 9.26 Å². The van der Waals surface area contributed by atoms with Crippen molar-refractivity contribution in [1.82, 2.24) is 5.16 Å². The van der Waals surface area contributed by atoms with Crippen molar-refractivity contribution in [2.75, 3.05) is 31.5 Å². The Morgan fingerprint density at radius 3 is 2.30 bits per heavy atom. The second-order valence-corrected chi connectivity index (χ2v) is 9.48. The smallest absolute Gasteiger partial charge is 0.318 e. The van der Waals surface area contributed by atoms with Gasteiger partial charge in [0.2, 0.25) is 0 Å². The number of hydrogen-bond donors (Lipinski definition) is 1. The van der Waals surface area contributed by atoms with Crippen LogP contribution >= 0.6 is 0 Å². The van der Waals surface area contributed by atoms with Crippen LogP contribution in [0.15, 0.2) is 65.4 Å². The molecule has 0 spiro atoms. The van der Waals surface area contributed by atoms with Crippen molar-refractivity contribution in [1.29, 1.82) is 0 Å². The molecule has 0 radical (unpaired) electrons. The van der Waals surface area contributed by atoms with Crippen molar-refractivity contribution >= 4 is 17.7 Å². The molecular weight excluding hydrogens is 418 g/mol. The highest BCUT2D eigenvalue weighted by Gasteiger charge is 2.49. The van der Waals surface area contributed by atoms with Gasteiger partial charge in [-0.15, -0.1) is 0 Å². The SMILES string of the molecule is O=C(C[N+]12CCC(CC1)[C@@H](OC(=O)C1c3ccccc3-c3ccccc31)C2)Nc1ccon1. The number of anilines is 1. The molecule has 1 atom stereocenters. The molecule has 2 bridgehead atoms. The number of benzene rings is 2.